The highest BCUT2D eigenvalue weighted by atomic mass is 19.1. The van der Waals surface area contributed by atoms with Crippen LogP contribution in [0.4, 0.5) is 10.1 Å². The van der Waals surface area contributed by atoms with E-state index in [1.807, 2.05) is 13.8 Å². The summed E-state index contributed by atoms with van der Waals surface area (Å²) in [4.78, 5) is 24.7. The van der Waals surface area contributed by atoms with E-state index in [2.05, 4.69) is 5.32 Å². The van der Waals surface area contributed by atoms with Crippen LogP contribution in [0.15, 0.2) is 18.2 Å². The third-order valence-corrected chi connectivity index (χ3v) is 2.42. The first kappa shape index (κ1) is 14.9. The molecule has 19 heavy (non-hydrogen) atoms. The van der Waals surface area contributed by atoms with Gasteiger partial charge in [-0.05, 0) is 32.0 Å². The normalized spacial score (nSPS) is 10.4. The summed E-state index contributed by atoms with van der Waals surface area (Å²) >= 11 is 0. The van der Waals surface area contributed by atoms with Crippen LogP contribution < -0.4 is 11.1 Å². The first-order valence-electron chi connectivity index (χ1n) is 5.91. The van der Waals surface area contributed by atoms with Crippen molar-refractivity contribution < 1.29 is 14.0 Å². The Morgan fingerprint density at radius 2 is 2.05 bits per heavy atom. The number of hydrogen-bond donors (Lipinski definition) is 2. The number of benzene rings is 1. The minimum absolute atomic E-state index is 0.00460. The fourth-order valence-electron chi connectivity index (χ4n) is 1.54. The maximum Gasteiger partial charge on any atom is 0.254 e. The number of amides is 2. The van der Waals surface area contributed by atoms with Gasteiger partial charge in [-0.1, -0.05) is 0 Å². The van der Waals surface area contributed by atoms with Crippen LogP contribution in [-0.4, -0.2) is 36.3 Å². The third kappa shape index (κ3) is 4.24. The number of nitrogens with one attached hydrogen (secondary N) is 1. The Kier molecular flexibility index (Phi) is 4.86. The Bertz CT molecular complexity index is 489. The van der Waals surface area contributed by atoms with Crippen LogP contribution in [0.1, 0.15) is 24.2 Å². The molecule has 0 unspecified atom stereocenters. The zero-order valence-corrected chi connectivity index (χ0v) is 11.2. The van der Waals surface area contributed by atoms with Gasteiger partial charge in [0, 0.05) is 18.7 Å². The third-order valence-electron chi connectivity index (χ3n) is 2.42. The second-order valence-corrected chi connectivity index (χ2v) is 4.62. The molecular weight excluding hydrogens is 249 g/mol. The van der Waals surface area contributed by atoms with E-state index in [9.17, 15) is 14.0 Å². The summed E-state index contributed by atoms with van der Waals surface area (Å²) in [5.41, 5.74) is 5.48. The van der Waals surface area contributed by atoms with Crippen LogP contribution in [-0.2, 0) is 4.79 Å². The molecule has 0 bridgehead atoms. The topological polar surface area (TPSA) is 75.4 Å². The fraction of sp³-hybridized carbons (Fsp3) is 0.385. The molecule has 0 saturated heterocycles. The minimum Gasteiger partial charge on any atom is -0.396 e. The van der Waals surface area contributed by atoms with Crippen LogP contribution in [0, 0.1) is 5.82 Å². The standard InChI is InChI=1S/C13H18FN3O2/c1-8(2)16-12(18)7-17(3)13(19)9-4-5-11(15)10(14)6-9/h4-6,8H,7,15H2,1-3H3,(H,16,18). The summed E-state index contributed by atoms with van der Waals surface area (Å²) in [6.07, 6.45) is 0. The Hall–Kier alpha value is -2.11. The molecule has 1 rings (SSSR count). The van der Waals surface area contributed by atoms with E-state index in [-0.39, 0.29) is 29.7 Å². The number of nitrogens with two attached hydrogens (primary N) is 1. The van der Waals surface area contributed by atoms with Crippen LogP contribution >= 0.6 is 0 Å². The summed E-state index contributed by atoms with van der Waals surface area (Å²) in [7, 11) is 1.48. The maximum atomic E-state index is 13.3. The Balaban J connectivity index is 2.71. The monoisotopic (exact) mass is 267 g/mol. The maximum absolute atomic E-state index is 13.3. The van der Waals surface area contributed by atoms with Gasteiger partial charge in [0.1, 0.15) is 5.82 Å². The molecule has 0 radical (unpaired) electrons. The van der Waals surface area contributed by atoms with Gasteiger partial charge in [-0.25, -0.2) is 4.39 Å². The number of likely N-dealkylation sites (N-methyl/N-ethyl adjacent to an activating group) is 1. The lowest BCUT2D eigenvalue weighted by Crippen LogP contribution is -2.40. The minimum atomic E-state index is -0.647. The molecule has 0 aliphatic rings. The molecule has 0 atom stereocenters. The second-order valence-electron chi connectivity index (χ2n) is 4.62. The van der Waals surface area contributed by atoms with Crippen molar-refractivity contribution >= 4 is 17.5 Å². The molecule has 1 aromatic carbocycles. The summed E-state index contributed by atoms with van der Waals surface area (Å²) < 4.78 is 13.3. The predicted octanol–water partition coefficient (Wildman–Crippen LogP) is 1.00. The molecule has 5 nitrogen and oxygen atoms in total. The highest BCUT2D eigenvalue weighted by Crippen LogP contribution is 2.13. The molecule has 104 valence electrons. The first-order valence-corrected chi connectivity index (χ1v) is 5.91. The Morgan fingerprint density at radius 3 is 2.58 bits per heavy atom. The SMILES string of the molecule is CC(C)NC(=O)CN(C)C(=O)c1ccc(N)c(F)c1. The summed E-state index contributed by atoms with van der Waals surface area (Å²) in [5.74, 6) is -1.34. The smallest absolute Gasteiger partial charge is 0.254 e. The largest absolute Gasteiger partial charge is 0.396 e. The number of anilines is 1. The molecule has 0 aliphatic heterocycles. The van der Waals surface area contributed by atoms with Crippen molar-refractivity contribution in [1.82, 2.24) is 10.2 Å². The summed E-state index contributed by atoms with van der Waals surface area (Å²) in [6, 6.07) is 3.82. The molecule has 0 aliphatic carbocycles. The molecule has 0 aromatic heterocycles. The van der Waals surface area contributed by atoms with E-state index < -0.39 is 11.7 Å². The van der Waals surface area contributed by atoms with Gasteiger partial charge in [0.05, 0.1) is 12.2 Å². The number of nitrogens with zero attached hydrogens (tertiary/aromatic N) is 1. The van der Waals surface area contributed by atoms with E-state index in [4.69, 9.17) is 5.73 Å². The second kappa shape index (κ2) is 6.17. The van der Waals surface area contributed by atoms with Crippen LogP contribution in [0.2, 0.25) is 0 Å². The van der Waals surface area contributed by atoms with Gasteiger partial charge >= 0.3 is 0 Å². The molecule has 2 amide bonds. The zero-order valence-electron chi connectivity index (χ0n) is 11.2. The first-order chi connectivity index (χ1) is 8.81. The van der Waals surface area contributed by atoms with Crippen LogP contribution in [0.5, 0.6) is 0 Å². The number of carbonyl (C=O) groups excluding carboxylic acids is 2. The van der Waals surface area contributed by atoms with Crippen molar-refractivity contribution in [3.8, 4) is 0 Å². The number of rotatable bonds is 4. The number of carbonyl (C=O) groups is 2. The quantitative estimate of drug-likeness (QED) is 0.799. The average Bonchev–Trinajstić information content (AvgIpc) is 2.30. The molecule has 0 spiro atoms. The fourth-order valence-corrected chi connectivity index (χ4v) is 1.54. The summed E-state index contributed by atoms with van der Waals surface area (Å²) in [5, 5.41) is 2.67. The number of nitrogen functional groups attached to an aromatic ring is 1. The van der Waals surface area contributed by atoms with Gasteiger partial charge in [0.25, 0.3) is 5.91 Å². The Labute approximate surface area is 111 Å². The number of halogens is 1. The van der Waals surface area contributed by atoms with Crippen molar-refractivity contribution in [3.63, 3.8) is 0 Å². The van der Waals surface area contributed by atoms with Crippen molar-refractivity contribution in [2.75, 3.05) is 19.3 Å². The van der Waals surface area contributed by atoms with Crippen molar-refractivity contribution in [3.05, 3.63) is 29.6 Å². The lowest BCUT2D eigenvalue weighted by Gasteiger charge is -2.18. The van der Waals surface area contributed by atoms with E-state index >= 15 is 0 Å². The lowest BCUT2D eigenvalue weighted by atomic mass is 10.1. The van der Waals surface area contributed by atoms with Crippen LogP contribution in [0.25, 0.3) is 0 Å². The Morgan fingerprint density at radius 1 is 1.42 bits per heavy atom. The van der Waals surface area contributed by atoms with Crippen molar-refractivity contribution in [2.24, 2.45) is 0 Å². The van der Waals surface area contributed by atoms with Gasteiger partial charge in [0.15, 0.2) is 0 Å². The average molecular weight is 267 g/mol. The highest BCUT2D eigenvalue weighted by molar-refractivity contribution is 5.96. The van der Waals surface area contributed by atoms with Crippen molar-refractivity contribution in [1.29, 1.82) is 0 Å². The van der Waals surface area contributed by atoms with E-state index in [1.54, 1.807) is 0 Å². The van der Waals surface area contributed by atoms with Gasteiger partial charge in [0.2, 0.25) is 5.91 Å². The van der Waals surface area contributed by atoms with Gasteiger partial charge in [-0.3, -0.25) is 9.59 Å². The van der Waals surface area contributed by atoms with E-state index in [0.717, 1.165) is 6.07 Å². The van der Waals surface area contributed by atoms with E-state index in [0.29, 0.717) is 0 Å². The number of hydrogen-bond acceptors (Lipinski definition) is 3. The molecule has 1 aromatic rings. The molecular formula is C13H18FN3O2. The van der Waals surface area contributed by atoms with E-state index in [1.165, 1.54) is 24.1 Å². The molecule has 3 N–H and O–H groups in total. The molecule has 0 heterocycles. The van der Waals surface area contributed by atoms with Gasteiger partial charge < -0.3 is 16.0 Å². The summed E-state index contributed by atoms with van der Waals surface area (Å²) in [6.45, 7) is 3.58. The highest BCUT2D eigenvalue weighted by Gasteiger charge is 2.16. The van der Waals surface area contributed by atoms with Crippen LogP contribution in [0.3, 0.4) is 0 Å². The predicted molar refractivity (Wildman–Crippen MR) is 71.1 cm³/mol. The zero-order chi connectivity index (χ0) is 14.6. The van der Waals surface area contributed by atoms with Gasteiger partial charge in [-0.15, -0.1) is 0 Å². The lowest BCUT2D eigenvalue weighted by molar-refractivity contribution is -0.122. The van der Waals surface area contributed by atoms with Gasteiger partial charge in [-0.2, -0.15) is 0 Å². The molecule has 0 fully saturated rings. The molecule has 0 saturated carbocycles. The van der Waals surface area contributed by atoms with Crippen molar-refractivity contribution in [2.45, 2.75) is 19.9 Å². The molecule has 6 heteroatoms.